The summed E-state index contributed by atoms with van der Waals surface area (Å²) in [5.74, 6) is 0.973. The summed E-state index contributed by atoms with van der Waals surface area (Å²) in [6.07, 6.45) is 1.86. The van der Waals surface area contributed by atoms with Crippen LogP contribution in [0.4, 0.5) is 0 Å². The number of nitrogens with zero attached hydrogens (tertiary/aromatic N) is 3. The summed E-state index contributed by atoms with van der Waals surface area (Å²) in [6.45, 7) is 6.69. The van der Waals surface area contributed by atoms with Crippen LogP contribution in [0.3, 0.4) is 0 Å². The highest BCUT2D eigenvalue weighted by Crippen LogP contribution is 2.18. The van der Waals surface area contributed by atoms with E-state index in [1.165, 1.54) is 0 Å². The molecule has 1 atom stereocenters. The summed E-state index contributed by atoms with van der Waals surface area (Å²) in [4.78, 5) is 8.90. The minimum absolute atomic E-state index is 0.241. The number of aromatic nitrogens is 3. The average Bonchev–Trinajstić information content (AvgIpc) is 2.52. The number of fused-ring (bicyclic) bond motifs is 1. The lowest BCUT2D eigenvalue weighted by molar-refractivity contribution is 0.555. The van der Waals surface area contributed by atoms with Gasteiger partial charge in [0.15, 0.2) is 5.65 Å². The van der Waals surface area contributed by atoms with Gasteiger partial charge in [-0.3, -0.25) is 0 Å². The van der Waals surface area contributed by atoms with E-state index in [9.17, 15) is 0 Å². The lowest BCUT2D eigenvalue weighted by atomic mass is 10.3. The Morgan fingerprint density at radius 2 is 2.20 bits per heavy atom. The van der Waals surface area contributed by atoms with Crippen molar-refractivity contribution in [2.24, 2.45) is 5.73 Å². The second-order valence-corrected chi connectivity index (χ2v) is 3.97. The molecule has 2 aromatic rings. The molecular formula is C11H16N4. The molecule has 0 aliphatic heterocycles. The fourth-order valence-corrected chi connectivity index (χ4v) is 1.83. The van der Waals surface area contributed by atoms with Crippen molar-refractivity contribution >= 4 is 11.2 Å². The molecular weight excluding hydrogens is 188 g/mol. The van der Waals surface area contributed by atoms with Gasteiger partial charge in [-0.15, -0.1) is 0 Å². The summed E-state index contributed by atoms with van der Waals surface area (Å²) in [6, 6.07) is 2.29. The molecule has 0 fully saturated rings. The molecule has 2 aromatic heterocycles. The Bertz CT molecular complexity index is 487. The van der Waals surface area contributed by atoms with E-state index >= 15 is 0 Å². The van der Waals surface area contributed by atoms with Crippen molar-refractivity contribution in [1.29, 1.82) is 0 Å². The fourth-order valence-electron chi connectivity index (χ4n) is 1.83. The van der Waals surface area contributed by atoms with Gasteiger partial charge in [0, 0.05) is 18.8 Å². The highest BCUT2D eigenvalue weighted by Gasteiger charge is 2.12. The topological polar surface area (TPSA) is 56.7 Å². The molecule has 80 valence electrons. The van der Waals surface area contributed by atoms with Gasteiger partial charge in [0.25, 0.3) is 0 Å². The second kappa shape index (κ2) is 3.62. The molecule has 2 heterocycles. The second-order valence-electron chi connectivity index (χ2n) is 3.97. The van der Waals surface area contributed by atoms with Gasteiger partial charge in [0.1, 0.15) is 11.3 Å². The molecule has 0 spiro atoms. The summed E-state index contributed by atoms with van der Waals surface area (Å²) in [5.41, 5.74) is 8.69. The molecule has 0 amide bonds. The summed E-state index contributed by atoms with van der Waals surface area (Å²) in [5, 5.41) is 0. The van der Waals surface area contributed by atoms with Crippen LogP contribution >= 0.6 is 0 Å². The number of hydrogen-bond donors (Lipinski definition) is 1. The maximum atomic E-state index is 5.68. The Hall–Kier alpha value is -1.42. The molecule has 0 radical (unpaired) electrons. The van der Waals surface area contributed by atoms with E-state index in [4.69, 9.17) is 5.73 Å². The van der Waals surface area contributed by atoms with E-state index < -0.39 is 0 Å². The van der Waals surface area contributed by atoms with E-state index in [1.807, 2.05) is 20.0 Å². The summed E-state index contributed by atoms with van der Waals surface area (Å²) < 4.78 is 2.09. The van der Waals surface area contributed by atoms with Gasteiger partial charge in [-0.25, -0.2) is 9.97 Å². The molecule has 0 aliphatic rings. The molecule has 0 aliphatic carbocycles. The fraction of sp³-hybridized carbons (Fsp3) is 0.455. The number of imidazole rings is 1. The standard InChI is InChI=1S/C11H16N4/c1-7-4-10-11(13-6-7)15(8(2)5-12)9(3)14-10/h4,6,8H,5,12H2,1-3H3. The first-order valence-electron chi connectivity index (χ1n) is 5.14. The molecule has 0 saturated carbocycles. The van der Waals surface area contributed by atoms with Gasteiger partial charge in [-0.2, -0.15) is 0 Å². The molecule has 0 aromatic carbocycles. The van der Waals surface area contributed by atoms with Crippen molar-refractivity contribution in [3.8, 4) is 0 Å². The molecule has 4 heteroatoms. The Morgan fingerprint density at radius 3 is 2.87 bits per heavy atom. The third kappa shape index (κ3) is 1.61. The van der Waals surface area contributed by atoms with Crippen LogP contribution in [0.15, 0.2) is 12.3 Å². The Balaban J connectivity index is 2.68. The van der Waals surface area contributed by atoms with Gasteiger partial charge in [0.2, 0.25) is 0 Å². The average molecular weight is 204 g/mol. The molecule has 0 bridgehead atoms. The monoisotopic (exact) mass is 204 g/mol. The van der Waals surface area contributed by atoms with Crippen molar-refractivity contribution in [2.45, 2.75) is 26.8 Å². The third-order valence-corrected chi connectivity index (χ3v) is 2.62. The zero-order valence-corrected chi connectivity index (χ0v) is 9.36. The maximum Gasteiger partial charge on any atom is 0.160 e. The largest absolute Gasteiger partial charge is 0.328 e. The van der Waals surface area contributed by atoms with Crippen molar-refractivity contribution in [3.63, 3.8) is 0 Å². The minimum atomic E-state index is 0.241. The number of pyridine rings is 1. The van der Waals surface area contributed by atoms with E-state index in [2.05, 4.69) is 27.5 Å². The maximum absolute atomic E-state index is 5.68. The van der Waals surface area contributed by atoms with Gasteiger partial charge < -0.3 is 10.3 Å². The zero-order chi connectivity index (χ0) is 11.0. The van der Waals surface area contributed by atoms with Crippen LogP contribution in [-0.4, -0.2) is 21.1 Å². The van der Waals surface area contributed by atoms with Crippen LogP contribution in [-0.2, 0) is 0 Å². The summed E-state index contributed by atoms with van der Waals surface area (Å²) >= 11 is 0. The van der Waals surface area contributed by atoms with Crippen LogP contribution in [0, 0.1) is 13.8 Å². The first-order valence-corrected chi connectivity index (χ1v) is 5.14. The zero-order valence-electron chi connectivity index (χ0n) is 9.36. The third-order valence-electron chi connectivity index (χ3n) is 2.62. The molecule has 0 saturated heterocycles. The Morgan fingerprint density at radius 1 is 1.47 bits per heavy atom. The van der Waals surface area contributed by atoms with Crippen LogP contribution < -0.4 is 5.73 Å². The van der Waals surface area contributed by atoms with Crippen LogP contribution in [0.5, 0.6) is 0 Å². The van der Waals surface area contributed by atoms with Crippen molar-refractivity contribution < 1.29 is 0 Å². The Labute approximate surface area is 89.1 Å². The number of rotatable bonds is 2. The van der Waals surface area contributed by atoms with E-state index in [1.54, 1.807) is 0 Å². The lowest BCUT2D eigenvalue weighted by Crippen LogP contribution is -2.17. The molecule has 1 unspecified atom stereocenters. The molecule has 15 heavy (non-hydrogen) atoms. The van der Waals surface area contributed by atoms with Gasteiger partial charge in [0.05, 0.1) is 0 Å². The number of nitrogens with two attached hydrogens (primary N) is 1. The van der Waals surface area contributed by atoms with Crippen LogP contribution in [0.1, 0.15) is 24.4 Å². The smallest absolute Gasteiger partial charge is 0.160 e. The SMILES string of the molecule is Cc1cnc2c(c1)nc(C)n2C(C)CN. The minimum Gasteiger partial charge on any atom is -0.328 e. The lowest BCUT2D eigenvalue weighted by Gasteiger charge is -2.12. The first-order chi connectivity index (χ1) is 7.13. The highest BCUT2D eigenvalue weighted by molar-refractivity contribution is 5.72. The van der Waals surface area contributed by atoms with E-state index in [-0.39, 0.29) is 6.04 Å². The van der Waals surface area contributed by atoms with Gasteiger partial charge >= 0.3 is 0 Å². The van der Waals surface area contributed by atoms with Crippen LogP contribution in [0.25, 0.3) is 11.2 Å². The molecule has 2 N–H and O–H groups in total. The van der Waals surface area contributed by atoms with Gasteiger partial charge in [-0.1, -0.05) is 0 Å². The predicted octanol–water partition coefficient (Wildman–Crippen LogP) is 1.57. The van der Waals surface area contributed by atoms with Crippen LogP contribution in [0.2, 0.25) is 0 Å². The predicted molar refractivity (Wildman–Crippen MR) is 60.8 cm³/mol. The number of aryl methyl sites for hydroxylation is 2. The summed E-state index contributed by atoms with van der Waals surface area (Å²) in [7, 11) is 0. The van der Waals surface area contributed by atoms with E-state index in [0.717, 1.165) is 22.6 Å². The normalized spacial score (nSPS) is 13.3. The van der Waals surface area contributed by atoms with Crippen molar-refractivity contribution in [2.75, 3.05) is 6.54 Å². The van der Waals surface area contributed by atoms with E-state index in [0.29, 0.717) is 6.54 Å². The highest BCUT2D eigenvalue weighted by atomic mass is 15.1. The first kappa shape index (κ1) is 10.1. The molecule has 4 nitrogen and oxygen atoms in total. The molecule has 2 rings (SSSR count). The van der Waals surface area contributed by atoms with Crippen molar-refractivity contribution in [1.82, 2.24) is 14.5 Å². The Kier molecular flexibility index (Phi) is 2.44. The quantitative estimate of drug-likeness (QED) is 0.807. The van der Waals surface area contributed by atoms with Gasteiger partial charge in [-0.05, 0) is 32.4 Å². The number of hydrogen-bond acceptors (Lipinski definition) is 3. The van der Waals surface area contributed by atoms with Crippen molar-refractivity contribution in [3.05, 3.63) is 23.7 Å².